The predicted molar refractivity (Wildman–Crippen MR) is 101 cm³/mol. The summed E-state index contributed by atoms with van der Waals surface area (Å²) in [5, 5.41) is 5.07. The fourth-order valence-corrected chi connectivity index (χ4v) is 2.26. The Morgan fingerprint density at radius 2 is 1.75 bits per heavy atom. The SMILES string of the molecule is Cc1ccc(C(=O)NC(=S)NNC(=O)Nc2ccccc2)cc1Br. The number of para-hydroxylation sites is 1. The van der Waals surface area contributed by atoms with Crippen LogP contribution in [-0.4, -0.2) is 17.1 Å². The topological polar surface area (TPSA) is 82.3 Å². The first kappa shape index (κ1) is 17.9. The molecule has 0 aliphatic heterocycles. The van der Waals surface area contributed by atoms with Crippen LogP contribution < -0.4 is 21.5 Å². The van der Waals surface area contributed by atoms with Crippen LogP contribution in [0.1, 0.15) is 15.9 Å². The Kier molecular flexibility index (Phi) is 6.28. The van der Waals surface area contributed by atoms with E-state index in [9.17, 15) is 9.59 Å². The van der Waals surface area contributed by atoms with Crippen molar-refractivity contribution in [2.24, 2.45) is 0 Å². The van der Waals surface area contributed by atoms with Gasteiger partial charge in [0.05, 0.1) is 0 Å². The fraction of sp³-hybridized carbons (Fsp3) is 0.0625. The maximum atomic E-state index is 12.1. The number of hydrazine groups is 1. The second-order valence-corrected chi connectivity index (χ2v) is 6.08. The number of urea groups is 1. The first-order valence-electron chi connectivity index (χ1n) is 6.95. The van der Waals surface area contributed by atoms with E-state index < -0.39 is 6.03 Å². The Balaban J connectivity index is 1.81. The number of aryl methyl sites for hydroxylation is 1. The van der Waals surface area contributed by atoms with E-state index >= 15 is 0 Å². The van der Waals surface area contributed by atoms with E-state index in [1.54, 1.807) is 36.4 Å². The molecule has 0 atom stereocenters. The molecule has 0 saturated heterocycles. The van der Waals surface area contributed by atoms with Gasteiger partial charge >= 0.3 is 6.03 Å². The Labute approximate surface area is 153 Å². The molecule has 0 spiro atoms. The van der Waals surface area contributed by atoms with Crippen LogP contribution in [0.2, 0.25) is 0 Å². The molecule has 0 fully saturated rings. The molecule has 4 N–H and O–H groups in total. The highest BCUT2D eigenvalue weighted by Gasteiger charge is 2.09. The molecule has 3 amide bonds. The highest BCUT2D eigenvalue weighted by atomic mass is 79.9. The minimum absolute atomic E-state index is 0.0140. The summed E-state index contributed by atoms with van der Waals surface area (Å²) in [6.07, 6.45) is 0. The zero-order valence-corrected chi connectivity index (χ0v) is 15.1. The van der Waals surface area contributed by atoms with Gasteiger partial charge in [0, 0.05) is 15.7 Å². The number of hydrogen-bond donors (Lipinski definition) is 4. The van der Waals surface area contributed by atoms with Gasteiger partial charge in [0.15, 0.2) is 5.11 Å². The number of carbonyl (C=O) groups excluding carboxylic acids is 2. The number of carbonyl (C=O) groups is 2. The van der Waals surface area contributed by atoms with Gasteiger partial charge in [0.1, 0.15) is 0 Å². The molecular weight excluding hydrogens is 392 g/mol. The van der Waals surface area contributed by atoms with E-state index in [0.717, 1.165) is 10.0 Å². The maximum Gasteiger partial charge on any atom is 0.337 e. The Morgan fingerprint density at radius 1 is 1.04 bits per heavy atom. The number of thiocarbonyl (C=S) groups is 1. The Bertz CT molecular complexity index is 768. The highest BCUT2D eigenvalue weighted by Crippen LogP contribution is 2.17. The predicted octanol–water partition coefficient (Wildman–Crippen LogP) is 3.10. The molecule has 0 aliphatic rings. The van der Waals surface area contributed by atoms with E-state index in [0.29, 0.717) is 11.3 Å². The number of hydrogen-bond acceptors (Lipinski definition) is 3. The summed E-state index contributed by atoms with van der Waals surface area (Å²) in [6.45, 7) is 1.92. The summed E-state index contributed by atoms with van der Waals surface area (Å²) in [4.78, 5) is 23.8. The second-order valence-electron chi connectivity index (χ2n) is 4.82. The average Bonchev–Trinajstić information content (AvgIpc) is 2.56. The molecule has 24 heavy (non-hydrogen) atoms. The third-order valence-corrected chi connectivity index (χ3v) is 4.04. The lowest BCUT2D eigenvalue weighted by molar-refractivity contribution is 0.0976. The average molecular weight is 407 g/mol. The third-order valence-electron chi connectivity index (χ3n) is 2.98. The first-order valence-corrected chi connectivity index (χ1v) is 8.15. The molecule has 2 aromatic carbocycles. The summed E-state index contributed by atoms with van der Waals surface area (Å²) in [5.74, 6) is -0.376. The minimum atomic E-state index is -0.504. The molecule has 2 rings (SSSR count). The van der Waals surface area contributed by atoms with Gasteiger partial charge in [-0.2, -0.15) is 0 Å². The van der Waals surface area contributed by atoms with Crippen LogP contribution in [0.25, 0.3) is 0 Å². The highest BCUT2D eigenvalue weighted by molar-refractivity contribution is 9.10. The van der Waals surface area contributed by atoms with Crippen LogP contribution in [0.3, 0.4) is 0 Å². The maximum absolute atomic E-state index is 12.1. The van der Waals surface area contributed by atoms with Gasteiger partial charge in [-0.15, -0.1) is 0 Å². The quantitative estimate of drug-likeness (QED) is 0.456. The molecule has 6 nitrogen and oxygen atoms in total. The van der Waals surface area contributed by atoms with Crippen LogP contribution in [0.5, 0.6) is 0 Å². The standard InChI is InChI=1S/C16H15BrN4O2S/c1-10-7-8-11(9-13(10)17)14(22)19-16(24)21-20-15(23)18-12-5-3-2-4-6-12/h2-9H,1H3,(H2,18,20,23)(H2,19,21,22,24). The minimum Gasteiger partial charge on any atom is -0.307 e. The molecule has 0 radical (unpaired) electrons. The van der Waals surface area contributed by atoms with Gasteiger partial charge in [-0.3, -0.25) is 15.5 Å². The van der Waals surface area contributed by atoms with Crippen LogP contribution >= 0.6 is 28.1 Å². The van der Waals surface area contributed by atoms with Crippen molar-refractivity contribution in [3.63, 3.8) is 0 Å². The molecule has 0 unspecified atom stereocenters. The summed E-state index contributed by atoms with van der Waals surface area (Å²) in [7, 11) is 0. The smallest absolute Gasteiger partial charge is 0.307 e. The van der Waals surface area contributed by atoms with Crippen molar-refractivity contribution in [2.75, 3.05) is 5.32 Å². The number of anilines is 1. The molecular formula is C16H15BrN4O2S. The molecule has 0 aliphatic carbocycles. The number of benzene rings is 2. The molecule has 0 bridgehead atoms. The van der Waals surface area contributed by atoms with Crippen molar-refractivity contribution < 1.29 is 9.59 Å². The lowest BCUT2D eigenvalue weighted by Crippen LogP contribution is -2.49. The molecule has 0 saturated carbocycles. The lowest BCUT2D eigenvalue weighted by atomic mass is 10.1. The summed E-state index contributed by atoms with van der Waals surface area (Å²) in [6, 6.07) is 13.6. The monoisotopic (exact) mass is 406 g/mol. The summed E-state index contributed by atoms with van der Waals surface area (Å²) in [5.41, 5.74) is 6.90. The van der Waals surface area contributed by atoms with Crippen molar-refractivity contribution in [2.45, 2.75) is 6.92 Å². The second kappa shape index (κ2) is 8.42. The summed E-state index contributed by atoms with van der Waals surface area (Å²) >= 11 is 8.34. The molecule has 8 heteroatoms. The zero-order valence-electron chi connectivity index (χ0n) is 12.7. The largest absolute Gasteiger partial charge is 0.337 e. The number of nitrogens with one attached hydrogen (secondary N) is 4. The van der Waals surface area contributed by atoms with Gasteiger partial charge < -0.3 is 5.32 Å². The number of amides is 3. The van der Waals surface area contributed by atoms with E-state index in [4.69, 9.17) is 12.2 Å². The van der Waals surface area contributed by atoms with Crippen LogP contribution in [0.4, 0.5) is 10.5 Å². The van der Waals surface area contributed by atoms with Gasteiger partial charge in [-0.25, -0.2) is 10.2 Å². The van der Waals surface area contributed by atoms with Crippen molar-refractivity contribution in [3.8, 4) is 0 Å². The van der Waals surface area contributed by atoms with Crippen molar-refractivity contribution in [1.82, 2.24) is 16.2 Å². The molecule has 2 aromatic rings. The van der Waals surface area contributed by atoms with Crippen molar-refractivity contribution >= 4 is 50.9 Å². The van der Waals surface area contributed by atoms with Crippen molar-refractivity contribution in [1.29, 1.82) is 0 Å². The molecule has 0 aromatic heterocycles. The zero-order chi connectivity index (χ0) is 17.5. The van der Waals surface area contributed by atoms with E-state index in [2.05, 4.69) is 37.4 Å². The van der Waals surface area contributed by atoms with Crippen molar-refractivity contribution in [3.05, 3.63) is 64.1 Å². The molecule has 124 valence electrons. The Morgan fingerprint density at radius 3 is 2.42 bits per heavy atom. The van der Waals surface area contributed by atoms with E-state index in [-0.39, 0.29) is 11.0 Å². The fourth-order valence-electron chi connectivity index (χ4n) is 1.74. The molecule has 0 heterocycles. The van der Waals surface area contributed by atoms with Gasteiger partial charge in [0.2, 0.25) is 0 Å². The van der Waals surface area contributed by atoms with Gasteiger partial charge in [-0.05, 0) is 49.0 Å². The van der Waals surface area contributed by atoms with Gasteiger partial charge in [0.25, 0.3) is 5.91 Å². The van der Waals surface area contributed by atoms with Crippen LogP contribution in [0, 0.1) is 6.92 Å². The Hall–Kier alpha value is -2.45. The number of halogens is 1. The van der Waals surface area contributed by atoms with E-state index in [1.165, 1.54) is 0 Å². The van der Waals surface area contributed by atoms with Gasteiger partial charge in [-0.1, -0.05) is 40.2 Å². The van der Waals surface area contributed by atoms with Crippen LogP contribution in [0.15, 0.2) is 53.0 Å². The van der Waals surface area contributed by atoms with Crippen LogP contribution in [-0.2, 0) is 0 Å². The van der Waals surface area contributed by atoms with E-state index in [1.807, 2.05) is 19.1 Å². The third kappa shape index (κ3) is 5.32. The summed E-state index contributed by atoms with van der Waals surface area (Å²) < 4.78 is 0.828. The normalized spacial score (nSPS) is 9.75. The number of rotatable bonds is 2. The lowest BCUT2D eigenvalue weighted by Gasteiger charge is -2.12. The first-order chi connectivity index (χ1) is 11.5.